The van der Waals surface area contributed by atoms with Crippen LogP contribution in [0.4, 0.5) is 11.4 Å². The van der Waals surface area contributed by atoms with E-state index in [0.29, 0.717) is 23.3 Å². The highest BCUT2D eigenvalue weighted by Gasteiger charge is 2.25. The van der Waals surface area contributed by atoms with Crippen LogP contribution in [0.5, 0.6) is 0 Å². The van der Waals surface area contributed by atoms with Gasteiger partial charge in [0.25, 0.3) is 0 Å². The summed E-state index contributed by atoms with van der Waals surface area (Å²) in [7, 11) is -3.53. The number of hydrogen-bond donors (Lipinski definition) is 3. The molecule has 1 saturated heterocycles. The Morgan fingerprint density at radius 2 is 1.95 bits per heavy atom. The number of anilines is 2. The number of benzene rings is 1. The maximum absolute atomic E-state index is 11.8. The first kappa shape index (κ1) is 29.0. The Balaban J connectivity index is 1.37. The van der Waals surface area contributed by atoms with E-state index >= 15 is 0 Å². The van der Waals surface area contributed by atoms with Gasteiger partial charge in [0.1, 0.15) is 0 Å². The van der Waals surface area contributed by atoms with Gasteiger partial charge in [-0.2, -0.15) is 5.10 Å². The second kappa shape index (κ2) is 11.8. The molecule has 0 saturated carbocycles. The van der Waals surface area contributed by atoms with Crippen molar-refractivity contribution in [1.29, 1.82) is 0 Å². The number of hydrogen-bond acceptors (Lipinski definition) is 8. The molecule has 41 heavy (non-hydrogen) atoms. The van der Waals surface area contributed by atoms with Crippen molar-refractivity contribution < 1.29 is 8.42 Å². The van der Waals surface area contributed by atoms with Crippen LogP contribution in [0.2, 0.25) is 5.15 Å². The number of aromatic nitrogens is 4. The minimum Gasteiger partial charge on any atom is -0.354 e. The van der Waals surface area contributed by atoms with Crippen LogP contribution in [0.25, 0.3) is 27.7 Å². The Morgan fingerprint density at radius 3 is 2.68 bits per heavy atom. The molecule has 1 unspecified atom stereocenters. The Hall–Kier alpha value is -3.51. The lowest BCUT2D eigenvalue weighted by molar-refractivity contribution is 0.0558. The number of nitrogens with zero attached hydrogens (tertiary/aromatic N) is 5. The second-order valence-corrected chi connectivity index (χ2v) is 12.9. The molecule has 1 aromatic carbocycles. The highest BCUT2D eigenvalue weighted by Crippen LogP contribution is 2.34. The van der Waals surface area contributed by atoms with Gasteiger partial charge in [0, 0.05) is 55.4 Å². The first-order chi connectivity index (χ1) is 19.5. The molecule has 1 aliphatic heterocycles. The number of fused-ring (bicyclic) bond motifs is 1. The maximum Gasteiger partial charge on any atom is 0.229 e. The molecule has 216 valence electrons. The number of halogens is 1. The van der Waals surface area contributed by atoms with E-state index in [9.17, 15) is 8.42 Å². The number of piperazine rings is 1. The number of aromatic amines is 1. The third-order valence-corrected chi connectivity index (χ3v) is 8.13. The fourth-order valence-corrected chi connectivity index (χ4v) is 6.11. The highest BCUT2D eigenvalue weighted by molar-refractivity contribution is 7.92. The van der Waals surface area contributed by atoms with Crippen LogP contribution in [0.1, 0.15) is 32.2 Å². The van der Waals surface area contributed by atoms with Crippen molar-refractivity contribution in [2.24, 2.45) is 0 Å². The monoisotopic (exact) mass is 594 g/mol. The summed E-state index contributed by atoms with van der Waals surface area (Å²) in [6, 6.07) is 12.6. The van der Waals surface area contributed by atoms with Crippen molar-refractivity contribution in [2.45, 2.75) is 39.4 Å². The van der Waals surface area contributed by atoms with Gasteiger partial charge in [0.15, 0.2) is 5.15 Å². The molecular formula is C29H35ClN8O2S. The van der Waals surface area contributed by atoms with Crippen LogP contribution in [-0.4, -0.2) is 76.4 Å². The third kappa shape index (κ3) is 6.87. The predicted octanol–water partition coefficient (Wildman–Crippen LogP) is 5.04. The van der Waals surface area contributed by atoms with Crippen molar-refractivity contribution in [3.05, 3.63) is 71.9 Å². The predicted molar refractivity (Wildman–Crippen MR) is 166 cm³/mol. The Labute approximate surface area is 245 Å². The molecule has 3 aromatic heterocycles. The average molecular weight is 595 g/mol. The number of H-pyrrole nitrogens is 1. The zero-order chi connectivity index (χ0) is 29.3. The van der Waals surface area contributed by atoms with Gasteiger partial charge in [-0.05, 0) is 56.7 Å². The molecule has 0 radical (unpaired) electrons. The van der Waals surface area contributed by atoms with Crippen molar-refractivity contribution in [2.75, 3.05) is 35.9 Å². The number of nitrogens with one attached hydrogen (secondary N) is 3. The van der Waals surface area contributed by atoms with E-state index in [-0.39, 0.29) is 10.8 Å². The third-order valence-electron chi connectivity index (χ3n) is 7.24. The molecule has 0 spiro atoms. The maximum atomic E-state index is 11.8. The summed E-state index contributed by atoms with van der Waals surface area (Å²) in [6.07, 6.45) is 4.41. The van der Waals surface area contributed by atoms with Gasteiger partial charge in [-0.1, -0.05) is 24.2 Å². The minimum atomic E-state index is -3.53. The van der Waals surface area contributed by atoms with E-state index < -0.39 is 10.0 Å². The lowest BCUT2D eigenvalue weighted by atomic mass is 10.0. The second-order valence-electron chi connectivity index (χ2n) is 10.8. The first-order valence-electron chi connectivity index (χ1n) is 13.5. The lowest BCUT2D eigenvalue weighted by Crippen LogP contribution is -2.53. The first-order valence-corrected chi connectivity index (χ1v) is 15.7. The molecule has 3 N–H and O–H groups in total. The Morgan fingerprint density at radius 1 is 1.17 bits per heavy atom. The van der Waals surface area contributed by atoms with Gasteiger partial charge < -0.3 is 5.32 Å². The topological polar surface area (TPSA) is 119 Å². The fraction of sp³-hybridized carbons (Fsp3) is 0.345. The summed E-state index contributed by atoms with van der Waals surface area (Å²) in [5.41, 5.74) is 5.64. The smallest absolute Gasteiger partial charge is 0.229 e. The van der Waals surface area contributed by atoms with Crippen molar-refractivity contribution >= 4 is 49.6 Å². The Bertz CT molecular complexity index is 1690. The number of sulfonamides is 1. The normalized spacial score (nSPS) is 16.8. The standard InChI is InChI=1S/C29H35ClN8O2S/c1-18(2)38-10-9-37(16-19(38)3)17-23-7-6-8-25(34-23)20(4)33-26-11-21(12-27-24(26)15-32-35-27)22-13-28(29(30)31-14-22)36-41(5,39)40/h6-8,11-15,18-19,33,36H,4,9-10,16-17H2,1-3,5H3,(H,32,35). The molecule has 5 rings (SSSR count). The van der Waals surface area contributed by atoms with Crippen LogP contribution < -0.4 is 10.0 Å². The van der Waals surface area contributed by atoms with E-state index in [1.54, 1.807) is 18.5 Å². The van der Waals surface area contributed by atoms with Crippen LogP contribution in [0.15, 0.2) is 55.4 Å². The van der Waals surface area contributed by atoms with E-state index in [0.717, 1.165) is 66.0 Å². The van der Waals surface area contributed by atoms with Crippen LogP contribution >= 0.6 is 11.6 Å². The Kier molecular flexibility index (Phi) is 8.32. The molecule has 4 aromatic rings. The van der Waals surface area contributed by atoms with Gasteiger partial charge in [-0.25, -0.2) is 18.4 Å². The van der Waals surface area contributed by atoms with E-state index in [1.165, 1.54) is 0 Å². The lowest BCUT2D eigenvalue weighted by Gasteiger charge is -2.42. The summed E-state index contributed by atoms with van der Waals surface area (Å²) < 4.78 is 26.0. The zero-order valence-electron chi connectivity index (χ0n) is 23.6. The van der Waals surface area contributed by atoms with Crippen LogP contribution in [0, 0.1) is 0 Å². The van der Waals surface area contributed by atoms with Crippen molar-refractivity contribution in [3.8, 4) is 11.1 Å². The molecule has 1 atom stereocenters. The summed E-state index contributed by atoms with van der Waals surface area (Å²) in [4.78, 5) is 14.1. The molecule has 12 heteroatoms. The molecule has 0 bridgehead atoms. The fourth-order valence-electron chi connectivity index (χ4n) is 5.35. The number of rotatable bonds is 9. The molecule has 10 nitrogen and oxygen atoms in total. The van der Waals surface area contributed by atoms with Crippen molar-refractivity contribution in [1.82, 2.24) is 30.0 Å². The van der Waals surface area contributed by atoms with Crippen LogP contribution in [0.3, 0.4) is 0 Å². The van der Waals surface area contributed by atoms with Gasteiger partial charge >= 0.3 is 0 Å². The zero-order valence-corrected chi connectivity index (χ0v) is 25.2. The van der Waals surface area contributed by atoms with Crippen molar-refractivity contribution in [3.63, 3.8) is 0 Å². The van der Waals surface area contributed by atoms with E-state index in [4.69, 9.17) is 16.6 Å². The summed E-state index contributed by atoms with van der Waals surface area (Å²) in [6.45, 7) is 14.9. The van der Waals surface area contributed by atoms with Gasteiger partial charge in [-0.3, -0.25) is 19.6 Å². The molecule has 1 aliphatic rings. The van der Waals surface area contributed by atoms with Crippen LogP contribution in [-0.2, 0) is 16.6 Å². The van der Waals surface area contributed by atoms with E-state index in [1.807, 2.05) is 24.3 Å². The minimum absolute atomic E-state index is 0.0655. The molecule has 0 aliphatic carbocycles. The molecule has 1 fully saturated rings. The molecule has 4 heterocycles. The van der Waals surface area contributed by atoms with Gasteiger partial charge in [-0.15, -0.1) is 0 Å². The molecular weight excluding hydrogens is 560 g/mol. The SMILES string of the molecule is C=C(Nc1cc(-c2cnc(Cl)c(NS(C)(=O)=O)c2)cc2[nH]ncc12)c1cccc(CN2CCN(C(C)C)C(C)C2)n1. The molecule has 0 amide bonds. The van der Waals surface area contributed by atoms with Gasteiger partial charge in [0.05, 0.1) is 46.4 Å². The highest BCUT2D eigenvalue weighted by atomic mass is 35.5. The largest absolute Gasteiger partial charge is 0.354 e. The quantitative estimate of drug-likeness (QED) is 0.231. The van der Waals surface area contributed by atoms with E-state index in [2.05, 4.69) is 68.4 Å². The van der Waals surface area contributed by atoms with Gasteiger partial charge in [0.2, 0.25) is 10.0 Å². The summed E-state index contributed by atoms with van der Waals surface area (Å²) in [5, 5.41) is 11.6. The average Bonchev–Trinajstić information content (AvgIpc) is 3.38. The summed E-state index contributed by atoms with van der Waals surface area (Å²) in [5.74, 6) is 0. The summed E-state index contributed by atoms with van der Waals surface area (Å²) >= 11 is 6.15. The number of pyridine rings is 2.